The van der Waals surface area contributed by atoms with Gasteiger partial charge in [0.25, 0.3) is 0 Å². The Bertz CT molecular complexity index is 658. The molecule has 0 saturated carbocycles. The average Bonchev–Trinajstić information content (AvgIpc) is 2.91. The SMILES string of the molecule is CCc1[nH]c2ccccc2c1CCN1CCCC(C(C)=O)C1. The maximum atomic E-state index is 11.6. The van der Waals surface area contributed by atoms with E-state index in [9.17, 15) is 4.79 Å². The zero-order valence-electron chi connectivity index (χ0n) is 13.7. The summed E-state index contributed by atoms with van der Waals surface area (Å²) in [6, 6.07) is 8.58. The molecule has 1 aromatic carbocycles. The molecule has 1 aromatic heterocycles. The predicted molar refractivity (Wildman–Crippen MR) is 91.2 cm³/mol. The molecule has 3 nitrogen and oxygen atoms in total. The van der Waals surface area contributed by atoms with Crippen molar-refractivity contribution in [3.63, 3.8) is 0 Å². The zero-order chi connectivity index (χ0) is 15.5. The number of para-hydroxylation sites is 1. The molecule has 0 aliphatic carbocycles. The summed E-state index contributed by atoms with van der Waals surface area (Å²) in [7, 11) is 0. The Balaban J connectivity index is 1.72. The van der Waals surface area contributed by atoms with Crippen molar-refractivity contribution in [2.75, 3.05) is 19.6 Å². The van der Waals surface area contributed by atoms with Crippen molar-refractivity contribution in [2.45, 2.75) is 39.5 Å². The van der Waals surface area contributed by atoms with Crippen molar-refractivity contribution in [3.8, 4) is 0 Å². The average molecular weight is 298 g/mol. The third kappa shape index (κ3) is 3.09. The minimum atomic E-state index is 0.252. The fraction of sp³-hybridized carbons (Fsp3) is 0.526. The van der Waals surface area contributed by atoms with E-state index in [1.807, 2.05) is 0 Å². The van der Waals surface area contributed by atoms with Crippen LogP contribution in [0, 0.1) is 5.92 Å². The largest absolute Gasteiger partial charge is 0.358 e. The van der Waals surface area contributed by atoms with Crippen LogP contribution in [0.4, 0.5) is 0 Å². The number of ketones is 1. The van der Waals surface area contributed by atoms with Gasteiger partial charge in [-0.15, -0.1) is 0 Å². The molecular formula is C19H26N2O. The first kappa shape index (κ1) is 15.3. The van der Waals surface area contributed by atoms with E-state index in [1.165, 1.54) is 22.2 Å². The van der Waals surface area contributed by atoms with Gasteiger partial charge in [0.2, 0.25) is 0 Å². The van der Waals surface area contributed by atoms with Gasteiger partial charge >= 0.3 is 0 Å². The van der Waals surface area contributed by atoms with Crippen molar-refractivity contribution in [3.05, 3.63) is 35.5 Å². The highest BCUT2D eigenvalue weighted by molar-refractivity contribution is 5.84. The van der Waals surface area contributed by atoms with Gasteiger partial charge in [0.05, 0.1) is 0 Å². The summed E-state index contributed by atoms with van der Waals surface area (Å²) in [5, 5.41) is 1.36. The predicted octanol–water partition coefficient (Wildman–Crippen LogP) is 3.57. The Morgan fingerprint density at radius 1 is 1.36 bits per heavy atom. The lowest BCUT2D eigenvalue weighted by atomic mass is 9.94. The first-order valence-corrected chi connectivity index (χ1v) is 8.50. The summed E-state index contributed by atoms with van der Waals surface area (Å²) in [6.45, 7) is 7.08. The van der Waals surface area contributed by atoms with Gasteiger partial charge in [0, 0.05) is 35.6 Å². The molecule has 3 rings (SSSR count). The van der Waals surface area contributed by atoms with E-state index in [0.29, 0.717) is 5.78 Å². The van der Waals surface area contributed by atoms with Crippen LogP contribution in [-0.4, -0.2) is 35.3 Å². The van der Waals surface area contributed by atoms with Crippen LogP contribution >= 0.6 is 0 Å². The second kappa shape index (κ2) is 6.66. The molecule has 1 unspecified atom stereocenters. The number of H-pyrrole nitrogens is 1. The maximum Gasteiger partial charge on any atom is 0.134 e. The van der Waals surface area contributed by atoms with Crippen LogP contribution in [0.15, 0.2) is 24.3 Å². The molecule has 2 aromatic rings. The first-order valence-electron chi connectivity index (χ1n) is 8.50. The molecule has 0 amide bonds. The normalized spacial score (nSPS) is 19.6. The van der Waals surface area contributed by atoms with Crippen LogP contribution in [-0.2, 0) is 17.6 Å². The molecule has 2 heterocycles. The fourth-order valence-corrected chi connectivity index (χ4v) is 3.70. The quantitative estimate of drug-likeness (QED) is 0.916. The summed E-state index contributed by atoms with van der Waals surface area (Å²) in [5.41, 5.74) is 4.07. The first-order chi connectivity index (χ1) is 10.7. The minimum Gasteiger partial charge on any atom is -0.358 e. The number of carbonyl (C=O) groups is 1. The number of aromatic nitrogens is 1. The Labute approximate surface area is 132 Å². The lowest BCUT2D eigenvalue weighted by Gasteiger charge is -2.31. The number of likely N-dealkylation sites (tertiary alicyclic amines) is 1. The van der Waals surface area contributed by atoms with Gasteiger partial charge in [0.15, 0.2) is 0 Å². The van der Waals surface area contributed by atoms with Crippen molar-refractivity contribution in [1.29, 1.82) is 0 Å². The number of piperidine rings is 1. The van der Waals surface area contributed by atoms with E-state index in [0.717, 1.165) is 45.3 Å². The molecule has 1 aliphatic rings. The summed E-state index contributed by atoms with van der Waals surface area (Å²) in [5.74, 6) is 0.605. The number of hydrogen-bond acceptors (Lipinski definition) is 2. The topological polar surface area (TPSA) is 36.1 Å². The highest BCUT2D eigenvalue weighted by atomic mass is 16.1. The molecule has 1 N–H and O–H groups in total. The van der Waals surface area contributed by atoms with E-state index >= 15 is 0 Å². The molecule has 0 bridgehead atoms. The van der Waals surface area contributed by atoms with E-state index in [-0.39, 0.29) is 5.92 Å². The van der Waals surface area contributed by atoms with Crippen LogP contribution in [0.2, 0.25) is 0 Å². The molecule has 3 heteroatoms. The van der Waals surface area contributed by atoms with E-state index in [4.69, 9.17) is 0 Å². The molecule has 22 heavy (non-hydrogen) atoms. The van der Waals surface area contributed by atoms with Gasteiger partial charge in [-0.3, -0.25) is 4.79 Å². The smallest absolute Gasteiger partial charge is 0.134 e. The number of nitrogens with zero attached hydrogens (tertiary/aromatic N) is 1. The molecule has 1 fully saturated rings. The van der Waals surface area contributed by atoms with E-state index in [1.54, 1.807) is 6.92 Å². The van der Waals surface area contributed by atoms with Crippen molar-refractivity contribution < 1.29 is 4.79 Å². The Morgan fingerprint density at radius 3 is 2.95 bits per heavy atom. The monoisotopic (exact) mass is 298 g/mol. The summed E-state index contributed by atoms with van der Waals surface area (Å²) < 4.78 is 0. The van der Waals surface area contributed by atoms with E-state index in [2.05, 4.69) is 41.1 Å². The van der Waals surface area contributed by atoms with Crippen LogP contribution in [0.3, 0.4) is 0 Å². The second-order valence-corrected chi connectivity index (χ2v) is 6.48. The minimum absolute atomic E-state index is 0.252. The van der Waals surface area contributed by atoms with Crippen LogP contribution in [0.25, 0.3) is 10.9 Å². The van der Waals surface area contributed by atoms with Gasteiger partial charge in [-0.05, 0) is 50.8 Å². The number of aryl methyl sites for hydroxylation is 1. The highest BCUT2D eigenvalue weighted by Gasteiger charge is 2.23. The Morgan fingerprint density at radius 2 is 2.18 bits per heavy atom. The summed E-state index contributed by atoms with van der Waals surface area (Å²) >= 11 is 0. The van der Waals surface area contributed by atoms with E-state index < -0.39 is 0 Å². The zero-order valence-corrected chi connectivity index (χ0v) is 13.7. The number of aromatic amines is 1. The Hall–Kier alpha value is -1.61. The number of Topliss-reactive ketones (excluding diaryl/α,β-unsaturated/α-hetero) is 1. The van der Waals surface area contributed by atoms with Crippen molar-refractivity contribution in [1.82, 2.24) is 9.88 Å². The van der Waals surface area contributed by atoms with Crippen LogP contribution in [0.5, 0.6) is 0 Å². The summed E-state index contributed by atoms with van der Waals surface area (Å²) in [6.07, 6.45) is 4.33. The van der Waals surface area contributed by atoms with Gasteiger partial charge in [-0.1, -0.05) is 25.1 Å². The van der Waals surface area contributed by atoms with Crippen molar-refractivity contribution >= 4 is 16.7 Å². The van der Waals surface area contributed by atoms with Gasteiger partial charge in [-0.2, -0.15) is 0 Å². The second-order valence-electron chi connectivity index (χ2n) is 6.48. The molecule has 1 atom stereocenters. The standard InChI is InChI=1S/C19H26N2O/c1-3-18-17(16-8-4-5-9-19(16)20-18)10-12-21-11-6-7-15(13-21)14(2)22/h4-5,8-9,15,20H,3,6-7,10-13H2,1-2H3. The molecule has 118 valence electrons. The number of hydrogen-bond donors (Lipinski definition) is 1. The number of nitrogens with one attached hydrogen (secondary N) is 1. The van der Waals surface area contributed by atoms with Gasteiger partial charge in [-0.25, -0.2) is 0 Å². The number of carbonyl (C=O) groups excluding carboxylic acids is 1. The van der Waals surface area contributed by atoms with Crippen molar-refractivity contribution in [2.24, 2.45) is 5.92 Å². The number of benzene rings is 1. The van der Waals surface area contributed by atoms with Crippen LogP contribution in [0.1, 0.15) is 37.9 Å². The number of rotatable bonds is 5. The third-order valence-corrected chi connectivity index (χ3v) is 5.01. The number of fused-ring (bicyclic) bond motifs is 1. The fourth-order valence-electron chi connectivity index (χ4n) is 3.70. The Kier molecular flexibility index (Phi) is 4.63. The summed E-state index contributed by atoms with van der Waals surface area (Å²) in [4.78, 5) is 17.6. The molecule has 0 radical (unpaired) electrons. The molecule has 1 saturated heterocycles. The lowest BCUT2D eigenvalue weighted by molar-refractivity contribution is -0.122. The van der Waals surface area contributed by atoms with Crippen LogP contribution < -0.4 is 0 Å². The molecule has 1 aliphatic heterocycles. The van der Waals surface area contributed by atoms with Gasteiger partial charge < -0.3 is 9.88 Å². The van der Waals surface area contributed by atoms with Gasteiger partial charge in [0.1, 0.15) is 5.78 Å². The lowest BCUT2D eigenvalue weighted by Crippen LogP contribution is -2.39. The molecule has 0 spiro atoms. The molecular weight excluding hydrogens is 272 g/mol. The third-order valence-electron chi connectivity index (χ3n) is 5.01. The maximum absolute atomic E-state index is 11.6. The highest BCUT2D eigenvalue weighted by Crippen LogP contribution is 2.24.